The normalized spacial score (nSPS) is 13.0. The second kappa shape index (κ2) is 31.7. The first kappa shape index (κ1) is 81.2. The maximum atomic E-state index is 6.49. The lowest BCUT2D eigenvalue weighted by molar-refractivity contribution is 0.661. The van der Waals surface area contributed by atoms with Gasteiger partial charge < -0.3 is 27.6 Å². The molecule has 0 aliphatic heterocycles. The van der Waals surface area contributed by atoms with Gasteiger partial charge in [0.05, 0.1) is 49.5 Å². The molecule has 8 heteroatoms. The predicted octanol–water partition coefficient (Wildman–Crippen LogP) is 37.2. The Morgan fingerprint density at radius 1 is 0.207 bits per heavy atom. The van der Waals surface area contributed by atoms with Crippen LogP contribution in [0.4, 0.5) is 17.1 Å². The van der Waals surface area contributed by atoms with E-state index in [2.05, 4.69) is 512 Å². The number of anilines is 3. The van der Waals surface area contributed by atoms with Crippen molar-refractivity contribution in [1.29, 1.82) is 0 Å². The molecule has 0 saturated heterocycles. The molecule has 0 fully saturated rings. The highest BCUT2D eigenvalue weighted by Gasteiger charge is 2.39. The summed E-state index contributed by atoms with van der Waals surface area (Å²) in [6.07, 6.45) is 0. The van der Waals surface area contributed by atoms with Crippen molar-refractivity contribution in [2.24, 2.45) is 0 Å². The summed E-state index contributed by atoms with van der Waals surface area (Å²) < 4.78 is 21.5. The summed E-state index contributed by atoms with van der Waals surface area (Å²) >= 11 is 3.80. The molecule has 28 aromatic rings. The molecule has 0 atom stereocenters. The first-order valence-corrected chi connectivity index (χ1v) is 50.0. The van der Waals surface area contributed by atoms with Gasteiger partial charge in [-0.25, -0.2) is 0 Å². The quantitative estimate of drug-likeness (QED) is 0.137. The van der Waals surface area contributed by atoms with Crippen molar-refractivity contribution in [2.45, 2.75) is 38.5 Å². The van der Waals surface area contributed by atoms with Gasteiger partial charge in [0.15, 0.2) is 0 Å². The van der Waals surface area contributed by atoms with Crippen LogP contribution in [0.5, 0.6) is 0 Å². The molecule has 0 amide bonds. The lowest BCUT2D eigenvalue weighted by Crippen LogP contribution is -2.14. The minimum atomic E-state index is -0.100. The number of nitrogens with zero attached hydrogens (tertiary/aromatic N) is 5. The van der Waals surface area contributed by atoms with Gasteiger partial charge in [-0.1, -0.05) is 331 Å². The SMILES string of the molecule is CC1(C)c2ccccc2-c2cc3c4cc(N(c5ccccc5)c5ccccc5)ccc4n(-c4ccc(-c5cccc6c5sc5ccccc56)cc4)c3cc21.CC1(C)c2ccccc2-c2cc3c4ccccc4n(-c4ccc(-c5cccc6c5sc5c(-c7ccccc7)cccc56)cc4)c3cc21.c1ccc(-n2c3ccccc3c3cc(-n4c5ccccc5c5c6oc7ccccc7c6ccc54)ccc32)cc1. The minimum absolute atomic E-state index is 0.0471. The third-order valence-corrected chi connectivity index (χ3v) is 32.6. The van der Waals surface area contributed by atoms with Crippen molar-refractivity contribution in [3.8, 4) is 78.4 Å². The molecular formula is C132H89N5OS2. The summed E-state index contributed by atoms with van der Waals surface area (Å²) in [4.78, 5) is 2.36. The topological polar surface area (TPSA) is 36.1 Å². The highest BCUT2D eigenvalue weighted by Crippen LogP contribution is 2.56. The summed E-state index contributed by atoms with van der Waals surface area (Å²) in [6, 6.07) is 171. The Balaban J connectivity index is 0.000000104. The van der Waals surface area contributed by atoms with Crippen LogP contribution >= 0.6 is 22.7 Å². The number of hydrogen-bond donors (Lipinski definition) is 0. The van der Waals surface area contributed by atoms with E-state index in [1.54, 1.807) is 0 Å². The van der Waals surface area contributed by atoms with Gasteiger partial charge in [-0.3, -0.25) is 0 Å². The van der Waals surface area contributed by atoms with E-state index >= 15 is 0 Å². The molecule has 2 aliphatic rings. The van der Waals surface area contributed by atoms with Gasteiger partial charge >= 0.3 is 0 Å². The Morgan fingerprint density at radius 3 is 1.14 bits per heavy atom. The van der Waals surface area contributed by atoms with E-state index in [9.17, 15) is 0 Å². The van der Waals surface area contributed by atoms with Crippen molar-refractivity contribution in [2.75, 3.05) is 4.90 Å². The van der Waals surface area contributed by atoms with Gasteiger partial charge in [0, 0.05) is 139 Å². The van der Waals surface area contributed by atoms with Crippen LogP contribution in [-0.2, 0) is 10.8 Å². The summed E-state index contributed by atoms with van der Waals surface area (Å²) in [5.74, 6) is 0. The molecule has 140 heavy (non-hydrogen) atoms. The zero-order valence-electron chi connectivity index (χ0n) is 77.4. The maximum absolute atomic E-state index is 6.49. The third kappa shape index (κ3) is 12.5. The number of furan rings is 1. The van der Waals surface area contributed by atoms with Gasteiger partial charge in [0.2, 0.25) is 0 Å². The minimum Gasteiger partial charge on any atom is -0.455 e. The molecule has 0 N–H and O–H groups in total. The Labute approximate surface area is 816 Å². The zero-order chi connectivity index (χ0) is 92.7. The number of thiophene rings is 2. The van der Waals surface area contributed by atoms with Crippen LogP contribution < -0.4 is 4.90 Å². The van der Waals surface area contributed by atoms with Crippen molar-refractivity contribution < 1.29 is 4.42 Å². The Morgan fingerprint density at radius 2 is 0.579 bits per heavy atom. The standard InChI is InChI=1S/C51H36N2S.C45H31NS.C36H22N2O/c1-51(2)45-22-11-9-18-39(45)42-31-44-43-30-37(52(34-14-5-3-6-15-34)35-16-7-4-8-17-35)28-29-47(43)53(48(44)32-46(42)51)36-26-24-33(25-27-36)38-20-13-21-41-40-19-10-12-23-49(40)54-50(38)41;1-45(2)39-20-8-6-14-33(39)37-26-38-34-15-7-9-21-41(34)46(42(38)27-40(37)45)30-24-22-29(23-25-30)32-17-11-19-36-35-18-10-16-31(43(35)47-44(32)36)28-12-4-3-5-13-28;1-2-10-23(11-3-1)37-30-15-7-4-12-25(30)29-22-24(18-20-32(29)37)38-31-16-8-5-14-28(31)35-33(38)21-19-27-26-13-6-9-17-34(26)39-36(27)35/h3-32H,1-2H3;3-27H,1-2H3;1-22H. The molecule has 0 radical (unpaired) electrons. The van der Waals surface area contributed by atoms with Crippen molar-refractivity contribution >= 4 is 189 Å². The Bertz CT molecular complexity index is 9900. The first-order chi connectivity index (χ1) is 69.0. The summed E-state index contributed by atoms with van der Waals surface area (Å²) in [6.45, 7) is 9.47. The third-order valence-electron chi connectivity index (χ3n) is 30.1. The van der Waals surface area contributed by atoms with E-state index in [0.717, 1.165) is 61.3 Å². The van der Waals surface area contributed by atoms with E-state index < -0.39 is 0 Å². The van der Waals surface area contributed by atoms with Crippen LogP contribution in [0.3, 0.4) is 0 Å². The predicted molar refractivity (Wildman–Crippen MR) is 596 cm³/mol. The van der Waals surface area contributed by atoms with Crippen LogP contribution in [0, 0.1) is 0 Å². The molecule has 0 saturated carbocycles. The van der Waals surface area contributed by atoms with Crippen molar-refractivity contribution in [3.05, 3.63) is 489 Å². The fourth-order valence-electron chi connectivity index (χ4n) is 23.6. The number of hydrogen-bond acceptors (Lipinski definition) is 4. The molecular weight excluding hydrogens is 1740 g/mol. The number of benzene rings is 21. The highest BCUT2D eigenvalue weighted by atomic mass is 32.1. The monoisotopic (exact) mass is 1820 g/mol. The summed E-state index contributed by atoms with van der Waals surface area (Å²) in [5.41, 5.74) is 38.0. The highest BCUT2D eigenvalue weighted by molar-refractivity contribution is 7.27. The number of fused-ring (bicyclic) bond motifs is 28. The number of aromatic nitrogens is 4. The van der Waals surface area contributed by atoms with Crippen LogP contribution in [0.2, 0.25) is 0 Å². The van der Waals surface area contributed by atoms with Crippen LogP contribution in [0.15, 0.2) is 472 Å². The molecule has 0 unspecified atom stereocenters. The van der Waals surface area contributed by atoms with Crippen molar-refractivity contribution in [1.82, 2.24) is 18.3 Å². The van der Waals surface area contributed by atoms with Gasteiger partial charge in [0.25, 0.3) is 0 Å². The largest absolute Gasteiger partial charge is 0.455 e. The van der Waals surface area contributed by atoms with E-state index in [-0.39, 0.29) is 10.8 Å². The van der Waals surface area contributed by atoms with E-state index in [1.165, 1.54) is 206 Å². The molecule has 0 bridgehead atoms. The molecule has 6 nitrogen and oxygen atoms in total. The van der Waals surface area contributed by atoms with E-state index in [0.29, 0.717) is 0 Å². The lowest BCUT2D eigenvalue weighted by Gasteiger charge is -2.25. The average molecular weight is 1830 g/mol. The molecule has 0 spiro atoms. The first-order valence-electron chi connectivity index (χ1n) is 48.3. The van der Waals surface area contributed by atoms with Crippen molar-refractivity contribution in [3.63, 3.8) is 0 Å². The molecule has 660 valence electrons. The average Bonchev–Trinajstić information content (AvgIpc) is 1.55. The van der Waals surface area contributed by atoms with Gasteiger partial charge in [-0.05, 0) is 242 Å². The maximum Gasteiger partial charge on any atom is 0.145 e. The molecule has 30 rings (SSSR count). The Hall–Kier alpha value is -17.1. The van der Waals surface area contributed by atoms with Crippen LogP contribution in [0.1, 0.15) is 49.9 Å². The molecule has 7 heterocycles. The molecule has 21 aromatic carbocycles. The lowest BCUT2D eigenvalue weighted by atomic mass is 9.82. The van der Waals surface area contributed by atoms with Gasteiger partial charge in [-0.15, -0.1) is 22.7 Å². The second-order valence-electron chi connectivity index (χ2n) is 38.5. The van der Waals surface area contributed by atoms with E-state index in [1.807, 2.05) is 28.7 Å². The van der Waals surface area contributed by atoms with Gasteiger partial charge in [-0.2, -0.15) is 0 Å². The summed E-state index contributed by atoms with van der Waals surface area (Å²) in [7, 11) is 0. The fraction of sp³-hybridized carbons (Fsp3) is 0.0455. The molecule has 7 aromatic heterocycles. The number of rotatable bonds is 10. The fourth-order valence-corrected chi connectivity index (χ4v) is 26.2. The van der Waals surface area contributed by atoms with E-state index in [4.69, 9.17) is 4.42 Å². The summed E-state index contributed by atoms with van der Waals surface area (Å²) in [5, 5.41) is 17.6. The van der Waals surface area contributed by atoms with Crippen LogP contribution in [0.25, 0.3) is 228 Å². The molecule has 2 aliphatic carbocycles. The number of para-hydroxylation sites is 7. The van der Waals surface area contributed by atoms with Gasteiger partial charge in [0.1, 0.15) is 11.2 Å². The zero-order valence-corrected chi connectivity index (χ0v) is 79.0. The second-order valence-corrected chi connectivity index (χ2v) is 40.5. The Kier molecular flexibility index (Phi) is 18.4. The van der Waals surface area contributed by atoms with Crippen LogP contribution in [-0.4, -0.2) is 18.3 Å². The smallest absolute Gasteiger partial charge is 0.145 e.